The molecule has 2 fully saturated rings. The van der Waals surface area contributed by atoms with Crippen molar-refractivity contribution in [2.24, 2.45) is 5.92 Å². The van der Waals surface area contributed by atoms with Gasteiger partial charge in [-0.3, -0.25) is 4.90 Å². The van der Waals surface area contributed by atoms with Gasteiger partial charge >= 0.3 is 0 Å². The van der Waals surface area contributed by atoms with Crippen molar-refractivity contribution in [1.29, 1.82) is 0 Å². The van der Waals surface area contributed by atoms with Crippen LogP contribution >= 0.6 is 0 Å². The highest BCUT2D eigenvalue weighted by Gasteiger charge is 2.38. The lowest BCUT2D eigenvalue weighted by Gasteiger charge is -2.29. The summed E-state index contributed by atoms with van der Waals surface area (Å²) in [7, 11) is 0. The summed E-state index contributed by atoms with van der Waals surface area (Å²) in [5.41, 5.74) is -0.000802. The molecule has 2 nitrogen and oxygen atoms in total. The molecule has 0 amide bonds. The van der Waals surface area contributed by atoms with E-state index in [0.29, 0.717) is 0 Å². The van der Waals surface area contributed by atoms with Gasteiger partial charge in [0.25, 0.3) is 0 Å². The van der Waals surface area contributed by atoms with Crippen molar-refractivity contribution in [3.8, 4) is 11.8 Å². The topological polar surface area (TPSA) is 23.5 Å². The van der Waals surface area contributed by atoms with Crippen LogP contribution in [0.25, 0.3) is 0 Å². The first-order valence-corrected chi connectivity index (χ1v) is 9.29. The van der Waals surface area contributed by atoms with Crippen molar-refractivity contribution in [1.82, 2.24) is 4.90 Å². The predicted octanol–water partition coefficient (Wildman–Crippen LogP) is 0.948. The SMILES string of the molecule is OC(C#CCN1CCCCCC1)(c1ccccc1)C1CCCC1.[Cl-]. The van der Waals surface area contributed by atoms with Crippen molar-refractivity contribution in [3.05, 3.63) is 35.9 Å². The fraction of sp³-hybridized carbons (Fsp3) is 0.619. The minimum atomic E-state index is -0.969. The van der Waals surface area contributed by atoms with E-state index in [-0.39, 0.29) is 18.3 Å². The number of halogens is 1. The van der Waals surface area contributed by atoms with Crippen LogP contribution in [0.1, 0.15) is 56.9 Å². The lowest BCUT2D eigenvalue weighted by molar-refractivity contribution is -0.0000117. The number of benzene rings is 1. The Morgan fingerprint density at radius 2 is 1.58 bits per heavy atom. The fourth-order valence-electron chi connectivity index (χ4n) is 4.03. The van der Waals surface area contributed by atoms with Crippen molar-refractivity contribution >= 4 is 0 Å². The first kappa shape index (κ1) is 19.3. The molecule has 1 unspecified atom stereocenters. The van der Waals surface area contributed by atoms with Gasteiger partial charge < -0.3 is 17.5 Å². The summed E-state index contributed by atoms with van der Waals surface area (Å²) in [4.78, 5) is 2.44. The molecule has 1 atom stereocenters. The molecular formula is C21H29ClNO-. The molecule has 0 spiro atoms. The number of aliphatic hydroxyl groups is 1. The first-order valence-electron chi connectivity index (χ1n) is 9.29. The van der Waals surface area contributed by atoms with E-state index in [2.05, 4.69) is 16.7 Å². The van der Waals surface area contributed by atoms with Gasteiger partial charge in [0, 0.05) is 5.92 Å². The normalized spacial score (nSPS) is 21.9. The zero-order valence-electron chi connectivity index (χ0n) is 14.5. The monoisotopic (exact) mass is 346 g/mol. The van der Waals surface area contributed by atoms with E-state index < -0.39 is 5.60 Å². The average molecular weight is 347 g/mol. The third-order valence-corrected chi connectivity index (χ3v) is 5.44. The van der Waals surface area contributed by atoms with E-state index in [4.69, 9.17) is 0 Å². The van der Waals surface area contributed by atoms with Gasteiger partial charge in [-0.15, -0.1) is 0 Å². The summed E-state index contributed by atoms with van der Waals surface area (Å²) >= 11 is 0. The van der Waals surface area contributed by atoms with Crippen molar-refractivity contribution in [3.63, 3.8) is 0 Å². The van der Waals surface area contributed by atoms with Gasteiger partial charge in [-0.25, -0.2) is 0 Å². The van der Waals surface area contributed by atoms with Crippen molar-refractivity contribution in [2.45, 2.75) is 57.0 Å². The molecule has 0 bridgehead atoms. The maximum atomic E-state index is 11.4. The van der Waals surface area contributed by atoms with Crippen LogP contribution in [0.2, 0.25) is 0 Å². The molecule has 1 N–H and O–H groups in total. The Hall–Kier alpha value is -1.01. The fourth-order valence-corrected chi connectivity index (χ4v) is 4.03. The number of rotatable bonds is 3. The lowest BCUT2D eigenvalue weighted by Crippen LogP contribution is -3.00. The summed E-state index contributed by atoms with van der Waals surface area (Å²) in [6, 6.07) is 10.1. The van der Waals surface area contributed by atoms with E-state index in [1.54, 1.807) is 0 Å². The molecule has 1 aliphatic carbocycles. The molecule has 1 aromatic carbocycles. The van der Waals surface area contributed by atoms with E-state index in [1.807, 2.05) is 30.3 Å². The second-order valence-corrected chi connectivity index (χ2v) is 7.11. The average Bonchev–Trinajstić information content (AvgIpc) is 3.02. The lowest BCUT2D eigenvalue weighted by atomic mass is 9.80. The number of likely N-dealkylation sites (tertiary alicyclic amines) is 1. The summed E-state index contributed by atoms with van der Waals surface area (Å²) in [5.74, 6) is 6.89. The molecule has 1 aliphatic heterocycles. The Morgan fingerprint density at radius 1 is 0.958 bits per heavy atom. The zero-order chi connectivity index (χ0) is 16.0. The standard InChI is InChI=1S/C21H29NO.ClH/c23-21(20-13-6-7-14-20,19-11-4-3-5-12-19)15-10-18-22-16-8-1-2-9-17-22;/h3-5,11-12,20,23H,1-2,6-9,13-14,16-18H2;1H/p-1. The van der Waals surface area contributed by atoms with Crippen LogP contribution in [0, 0.1) is 17.8 Å². The van der Waals surface area contributed by atoms with Crippen LogP contribution < -0.4 is 12.4 Å². The van der Waals surface area contributed by atoms with E-state index in [9.17, 15) is 5.11 Å². The first-order chi connectivity index (χ1) is 11.3. The Balaban J connectivity index is 0.00000208. The summed E-state index contributed by atoms with van der Waals surface area (Å²) < 4.78 is 0. The smallest absolute Gasteiger partial charge is 0.153 e. The third-order valence-electron chi connectivity index (χ3n) is 5.44. The minimum absolute atomic E-state index is 0. The minimum Gasteiger partial charge on any atom is -1.00 e. The van der Waals surface area contributed by atoms with Crippen LogP contribution in [-0.2, 0) is 5.60 Å². The van der Waals surface area contributed by atoms with E-state index in [1.165, 1.54) is 38.5 Å². The van der Waals surface area contributed by atoms with Gasteiger partial charge in [0.1, 0.15) is 0 Å². The van der Waals surface area contributed by atoms with E-state index >= 15 is 0 Å². The largest absolute Gasteiger partial charge is 1.00 e. The molecule has 24 heavy (non-hydrogen) atoms. The number of hydrogen-bond donors (Lipinski definition) is 1. The van der Waals surface area contributed by atoms with Crippen molar-refractivity contribution in [2.75, 3.05) is 19.6 Å². The molecule has 1 heterocycles. The van der Waals surface area contributed by atoms with Gasteiger partial charge in [-0.1, -0.05) is 67.9 Å². The molecular weight excluding hydrogens is 318 g/mol. The van der Waals surface area contributed by atoms with Gasteiger partial charge in [0.05, 0.1) is 6.54 Å². The second-order valence-electron chi connectivity index (χ2n) is 7.11. The molecule has 0 radical (unpaired) electrons. The van der Waals surface area contributed by atoms with Crippen molar-refractivity contribution < 1.29 is 17.5 Å². The highest BCUT2D eigenvalue weighted by molar-refractivity contribution is 5.33. The van der Waals surface area contributed by atoms with Gasteiger partial charge in [0.2, 0.25) is 0 Å². The van der Waals surface area contributed by atoms with Crippen LogP contribution in [0.3, 0.4) is 0 Å². The summed E-state index contributed by atoms with van der Waals surface area (Å²) in [5, 5.41) is 11.4. The molecule has 2 aliphatic rings. The Kier molecular flexibility index (Phi) is 7.62. The maximum Gasteiger partial charge on any atom is 0.153 e. The Morgan fingerprint density at radius 3 is 2.21 bits per heavy atom. The Bertz CT molecular complexity index is 536. The van der Waals surface area contributed by atoms with Crippen LogP contribution in [-0.4, -0.2) is 29.6 Å². The Labute approximate surface area is 153 Å². The van der Waals surface area contributed by atoms with Gasteiger partial charge in [0.15, 0.2) is 5.60 Å². The molecule has 0 aromatic heterocycles. The van der Waals surface area contributed by atoms with Gasteiger partial charge in [-0.2, -0.15) is 0 Å². The zero-order valence-corrected chi connectivity index (χ0v) is 15.3. The van der Waals surface area contributed by atoms with Crippen LogP contribution in [0.4, 0.5) is 0 Å². The maximum absolute atomic E-state index is 11.4. The molecule has 3 rings (SSSR count). The molecule has 1 aromatic rings. The molecule has 1 saturated carbocycles. The van der Waals surface area contributed by atoms with Crippen LogP contribution in [0.5, 0.6) is 0 Å². The molecule has 132 valence electrons. The van der Waals surface area contributed by atoms with E-state index in [0.717, 1.165) is 38.0 Å². The third kappa shape index (κ3) is 4.76. The predicted molar refractivity (Wildman–Crippen MR) is 95.0 cm³/mol. The quantitative estimate of drug-likeness (QED) is 0.824. The number of hydrogen-bond acceptors (Lipinski definition) is 2. The second kappa shape index (κ2) is 9.47. The summed E-state index contributed by atoms with van der Waals surface area (Å²) in [6.45, 7) is 3.10. The summed E-state index contributed by atoms with van der Waals surface area (Å²) in [6.07, 6.45) is 9.87. The highest BCUT2D eigenvalue weighted by Crippen LogP contribution is 2.40. The molecule has 3 heteroatoms. The van der Waals surface area contributed by atoms with Gasteiger partial charge in [-0.05, 0) is 44.3 Å². The molecule has 1 saturated heterocycles. The highest BCUT2D eigenvalue weighted by atomic mass is 35.5. The number of nitrogens with zero attached hydrogens (tertiary/aromatic N) is 1. The van der Waals surface area contributed by atoms with Crippen LogP contribution in [0.15, 0.2) is 30.3 Å².